The Hall–Kier alpha value is -1.75. The van der Waals surface area contributed by atoms with Gasteiger partial charge in [-0.1, -0.05) is 6.07 Å². The number of rotatable bonds is 4. The zero-order valence-corrected chi connectivity index (χ0v) is 8.17. The molecule has 15 heavy (non-hydrogen) atoms. The number of hydrogen-bond donors (Lipinski definition) is 3. The van der Waals surface area contributed by atoms with E-state index in [0.717, 1.165) is 0 Å². The average molecular weight is 212 g/mol. The highest BCUT2D eigenvalue weighted by Crippen LogP contribution is 2.29. The maximum absolute atomic E-state index is 10.3. The third-order valence-electron chi connectivity index (χ3n) is 1.96. The Balaban J connectivity index is 2.87. The molecule has 0 bridgehead atoms. The van der Waals surface area contributed by atoms with Gasteiger partial charge in [0.1, 0.15) is 0 Å². The number of aromatic hydroxyl groups is 1. The smallest absolute Gasteiger partial charge is 0.306 e. The average Bonchev–Trinajstić information content (AvgIpc) is 2.16. The summed E-state index contributed by atoms with van der Waals surface area (Å²) in [5, 5.41) is 27.3. The Morgan fingerprint density at radius 1 is 1.53 bits per heavy atom. The maximum Gasteiger partial charge on any atom is 0.306 e. The highest BCUT2D eigenvalue weighted by atomic mass is 16.5. The van der Waals surface area contributed by atoms with Crippen molar-refractivity contribution >= 4 is 5.97 Å². The Morgan fingerprint density at radius 2 is 2.20 bits per heavy atom. The zero-order chi connectivity index (χ0) is 11.4. The van der Waals surface area contributed by atoms with Crippen molar-refractivity contribution in [3.05, 3.63) is 23.8 Å². The van der Waals surface area contributed by atoms with E-state index in [-0.39, 0.29) is 11.5 Å². The van der Waals surface area contributed by atoms with Crippen LogP contribution in [0.3, 0.4) is 0 Å². The van der Waals surface area contributed by atoms with Gasteiger partial charge in [0, 0.05) is 0 Å². The third-order valence-corrected chi connectivity index (χ3v) is 1.96. The van der Waals surface area contributed by atoms with Crippen molar-refractivity contribution in [3.63, 3.8) is 0 Å². The Kier molecular flexibility index (Phi) is 3.51. The molecular formula is C10H12O5. The van der Waals surface area contributed by atoms with Gasteiger partial charge in [0.05, 0.1) is 19.6 Å². The number of aliphatic carboxylic acids is 1. The number of aliphatic hydroxyl groups is 1. The summed E-state index contributed by atoms with van der Waals surface area (Å²) in [6.07, 6.45) is -1.52. The quantitative estimate of drug-likeness (QED) is 0.690. The van der Waals surface area contributed by atoms with E-state index in [9.17, 15) is 15.0 Å². The van der Waals surface area contributed by atoms with Gasteiger partial charge < -0.3 is 20.1 Å². The van der Waals surface area contributed by atoms with Crippen LogP contribution in [0.1, 0.15) is 18.1 Å². The summed E-state index contributed by atoms with van der Waals surface area (Å²) in [5.74, 6) is -0.946. The highest BCUT2D eigenvalue weighted by Gasteiger charge is 2.13. The number of phenolic OH excluding ortho intramolecular Hbond substituents is 1. The topological polar surface area (TPSA) is 87.0 Å². The number of phenols is 1. The molecule has 0 saturated heterocycles. The van der Waals surface area contributed by atoms with Crippen molar-refractivity contribution in [2.75, 3.05) is 7.11 Å². The summed E-state index contributed by atoms with van der Waals surface area (Å²) in [6.45, 7) is 0. The number of ether oxygens (including phenoxy) is 1. The standard InChI is InChI=1S/C10H12O5/c1-15-9-3-2-6(4-8(9)12)7(11)5-10(13)14/h2-4,7,11-12H,5H2,1H3,(H,13,14). The van der Waals surface area contributed by atoms with Crippen molar-refractivity contribution < 1.29 is 24.9 Å². The number of carboxylic acids is 1. The van der Waals surface area contributed by atoms with Gasteiger partial charge >= 0.3 is 5.97 Å². The van der Waals surface area contributed by atoms with E-state index in [1.807, 2.05) is 0 Å². The van der Waals surface area contributed by atoms with Gasteiger partial charge in [-0.05, 0) is 17.7 Å². The molecule has 0 spiro atoms. The maximum atomic E-state index is 10.3. The van der Waals surface area contributed by atoms with Gasteiger partial charge in [-0.3, -0.25) is 4.79 Å². The summed E-state index contributed by atoms with van der Waals surface area (Å²) in [4.78, 5) is 10.3. The number of carbonyl (C=O) groups is 1. The molecule has 1 unspecified atom stereocenters. The number of hydrogen-bond acceptors (Lipinski definition) is 4. The highest BCUT2D eigenvalue weighted by molar-refractivity contribution is 5.67. The first-order valence-electron chi connectivity index (χ1n) is 4.31. The molecule has 82 valence electrons. The van der Waals surface area contributed by atoms with Crippen LogP contribution in [0.5, 0.6) is 11.5 Å². The first-order valence-corrected chi connectivity index (χ1v) is 4.31. The molecule has 0 aliphatic heterocycles. The first-order chi connectivity index (χ1) is 7.04. The van der Waals surface area contributed by atoms with Crippen LogP contribution in [-0.2, 0) is 4.79 Å². The summed E-state index contributed by atoms with van der Waals surface area (Å²) in [7, 11) is 1.41. The molecule has 1 atom stereocenters. The van der Waals surface area contributed by atoms with E-state index >= 15 is 0 Å². The fourth-order valence-electron chi connectivity index (χ4n) is 1.20. The van der Waals surface area contributed by atoms with E-state index in [0.29, 0.717) is 5.56 Å². The van der Waals surface area contributed by atoms with Crippen LogP contribution in [0.4, 0.5) is 0 Å². The van der Waals surface area contributed by atoms with Gasteiger partial charge in [-0.15, -0.1) is 0 Å². The normalized spacial score (nSPS) is 12.1. The summed E-state index contributed by atoms with van der Waals surface area (Å²) in [5.41, 5.74) is 0.343. The van der Waals surface area contributed by atoms with Crippen molar-refractivity contribution in [1.82, 2.24) is 0 Å². The monoisotopic (exact) mass is 212 g/mol. The Bertz CT molecular complexity index is 361. The van der Waals surface area contributed by atoms with Crippen LogP contribution < -0.4 is 4.74 Å². The Labute approximate surface area is 86.5 Å². The minimum atomic E-state index is -1.13. The fourth-order valence-corrected chi connectivity index (χ4v) is 1.20. The molecule has 0 aliphatic carbocycles. The predicted molar refractivity (Wildman–Crippen MR) is 51.9 cm³/mol. The molecule has 0 radical (unpaired) electrons. The molecule has 5 heteroatoms. The molecular weight excluding hydrogens is 200 g/mol. The third kappa shape index (κ3) is 2.85. The van der Waals surface area contributed by atoms with E-state index in [1.165, 1.54) is 25.3 Å². The van der Waals surface area contributed by atoms with Gasteiger partial charge in [-0.2, -0.15) is 0 Å². The van der Waals surface area contributed by atoms with Crippen LogP contribution in [0.15, 0.2) is 18.2 Å². The van der Waals surface area contributed by atoms with Crippen LogP contribution in [-0.4, -0.2) is 28.4 Å². The van der Waals surface area contributed by atoms with Crippen molar-refractivity contribution in [2.24, 2.45) is 0 Å². The molecule has 1 aromatic carbocycles. The fraction of sp³-hybridized carbons (Fsp3) is 0.300. The van der Waals surface area contributed by atoms with E-state index < -0.39 is 18.5 Å². The predicted octanol–water partition coefficient (Wildman–Crippen LogP) is 0.909. The van der Waals surface area contributed by atoms with Crippen molar-refractivity contribution in [3.8, 4) is 11.5 Å². The van der Waals surface area contributed by atoms with Gasteiger partial charge in [0.15, 0.2) is 11.5 Å². The van der Waals surface area contributed by atoms with Gasteiger partial charge in [0.2, 0.25) is 0 Å². The zero-order valence-electron chi connectivity index (χ0n) is 8.17. The lowest BCUT2D eigenvalue weighted by atomic mass is 10.1. The minimum Gasteiger partial charge on any atom is -0.504 e. The molecule has 0 aliphatic rings. The van der Waals surface area contributed by atoms with Crippen LogP contribution in [0, 0.1) is 0 Å². The lowest BCUT2D eigenvalue weighted by Crippen LogP contribution is -2.05. The molecule has 1 aromatic rings. The SMILES string of the molecule is COc1ccc(C(O)CC(=O)O)cc1O. The first kappa shape index (κ1) is 11.3. The van der Waals surface area contributed by atoms with Crippen molar-refractivity contribution in [1.29, 1.82) is 0 Å². The molecule has 0 heterocycles. The number of carboxylic acid groups (broad SMARTS) is 1. The molecule has 5 nitrogen and oxygen atoms in total. The lowest BCUT2D eigenvalue weighted by Gasteiger charge is -2.10. The Morgan fingerprint density at radius 3 is 2.67 bits per heavy atom. The minimum absolute atomic E-state index is 0.126. The van der Waals surface area contributed by atoms with E-state index in [2.05, 4.69) is 0 Å². The molecule has 3 N–H and O–H groups in total. The van der Waals surface area contributed by atoms with Crippen LogP contribution in [0.2, 0.25) is 0 Å². The van der Waals surface area contributed by atoms with Gasteiger partial charge in [0.25, 0.3) is 0 Å². The van der Waals surface area contributed by atoms with Crippen LogP contribution in [0.25, 0.3) is 0 Å². The second kappa shape index (κ2) is 4.65. The molecule has 1 rings (SSSR count). The molecule has 0 aromatic heterocycles. The summed E-state index contributed by atoms with van der Waals surface area (Å²) >= 11 is 0. The van der Waals surface area contributed by atoms with Gasteiger partial charge in [-0.25, -0.2) is 0 Å². The van der Waals surface area contributed by atoms with E-state index in [4.69, 9.17) is 9.84 Å². The number of aliphatic hydroxyl groups excluding tert-OH is 1. The summed E-state index contributed by atoms with van der Waals surface area (Å²) < 4.78 is 4.81. The summed E-state index contributed by atoms with van der Waals surface area (Å²) in [6, 6.07) is 4.26. The van der Waals surface area contributed by atoms with Crippen molar-refractivity contribution in [2.45, 2.75) is 12.5 Å². The van der Waals surface area contributed by atoms with E-state index in [1.54, 1.807) is 0 Å². The molecule has 0 fully saturated rings. The largest absolute Gasteiger partial charge is 0.504 e. The second-order valence-electron chi connectivity index (χ2n) is 3.04. The number of methoxy groups -OCH3 is 1. The van der Waals surface area contributed by atoms with Crippen LogP contribution >= 0.6 is 0 Å². The second-order valence-corrected chi connectivity index (χ2v) is 3.04. The number of benzene rings is 1. The lowest BCUT2D eigenvalue weighted by molar-refractivity contribution is -0.139. The molecule has 0 amide bonds. The molecule has 0 saturated carbocycles.